The molecule has 21 heavy (non-hydrogen) atoms. The van der Waals surface area contributed by atoms with Gasteiger partial charge in [-0.3, -0.25) is 0 Å². The van der Waals surface area contributed by atoms with Gasteiger partial charge < -0.3 is 20.7 Å². The number of alkyl halides is 3. The Morgan fingerprint density at radius 3 is 2.43 bits per heavy atom. The molecule has 0 aromatic heterocycles. The number of ether oxygens (including phenoxy) is 1. The van der Waals surface area contributed by atoms with Gasteiger partial charge in [0.25, 0.3) is 0 Å². The maximum Gasteiger partial charge on any atom is 0.573 e. The van der Waals surface area contributed by atoms with Crippen molar-refractivity contribution in [2.45, 2.75) is 25.2 Å². The maximum atomic E-state index is 12.0. The Morgan fingerprint density at radius 1 is 1.38 bits per heavy atom. The van der Waals surface area contributed by atoms with E-state index >= 15 is 0 Å². The zero-order valence-corrected chi connectivity index (χ0v) is 11.4. The summed E-state index contributed by atoms with van der Waals surface area (Å²) in [4.78, 5) is 13.4. The van der Waals surface area contributed by atoms with Gasteiger partial charge in [0.1, 0.15) is 5.75 Å². The van der Waals surface area contributed by atoms with E-state index in [1.807, 2.05) is 6.92 Å². The highest BCUT2D eigenvalue weighted by atomic mass is 19.4. The predicted octanol–water partition coefficient (Wildman–Crippen LogP) is 2.54. The molecule has 0 spiro atoms. The molecular formula is C13H16F3N3O2. The van der Waals surface area contributed by atoms with Crippen LogP contribution >= 0.6 is 0 Å². The maximum absolute atomic E-state index is 12.0. The Bertz CT molecular complexity index is 510. The minimum absolute atomic E-state index is 0.325. The van der Waals surface area contributed by atoms with Crippen LogP contribution in [0.1, 0.15) is 13.3 Å². The largest absolute Gasteiger partial charge is 0.573 e. The van der Waals surface area contributed by atoms with Crippen molar-refractivity contribution in [2.24, 2.45) is 5.73 Å². The van der Waals surface area contributed by atoms with Gasteiger partial charge in [-0.25, -0.2) is 4.79 Å². The summed E-state index contributed by atoms with van der Waals surface area (Å²) in [6.45, 7) is 2.88. The molecule has 0 radical (unpaired) electrons. The molecule has 3 N–H and O–H groups in total. The SMILES string of the molecule is CCC1(N)CN(C(=O)Nc2ccc(OC(F)(F)F)cc2)C1. The fourth-order valence-corrected chi connectivity index (χ4v) is 2.02. The first-order chi connectivity index (χ1) is 9.71. The van der Waals surface area contributed by atoms with Gasteiger partial charge in [0.05, 0.1) is 5.54 Å². The lowest BCUT2D eigenvalue weighted by Crippen LogP contribution is -2.68. The number of amides is 2. The van der Waals surface area contributed by atoms with E-state index in [2.05, 4.69) is 10.1 Å². The molecule has 1 aromatic rings. The normalized spacial score (nSPS) is 17.1. The van der Waals surface area contributed by atoms with E-state index in [0.717, 1.165) is 18.6 Å². The van der Waals surface area contributed by atoms with E-state index in [-0.39, 0.29) is 17.3 Å². The summed E-state index contributed by atoms with van der Waals surface area (Å²) in [6.07, 6.45) is -3.95. The third-order valence-corrected chi connectivity index (χ3v) is 3.34. The molecule has 0 atom stereocenters. The minimum atomic E-state index is -4.73. The summed E-state index contributed by atoms with van der Waals surface area (Å²) in [5.74, 6) is -0.337. The Hall–Kier alpha value is -1.96. The quantitative estimate of drug-likeness (QED) is 0.901. The van der Waals surface area contributed by atoms with E-state index in [9.17, 15) is 18.0 Å². The molecule has 1 fully saturated rings. The van der Waals surface area contributed by atoms with Crippen LogP contribution < -0.4 is 15.8 Å². The van der Waals surface area contributed by atoms with Crippen molar-refractivity contribution in [3.63, 3.8) is 0 Å². The second-order valence-electron chi connectivity index (χ2n) is 5.07. The van der Waals surface area contributed by atoms with Gasteiger partial charge in [-0.2, -0.15) is 0 Å². The number of hydrogen-bond acceptors (Lipinski definition) is 3. The van der Waals surface area contributed by atoms with Crippen LogP contribution in [0.5, 0.6) is 5.75 Å². The third kappa shape index (κ3) is 4.01. The first kappa shape index (κ1) is 15.4. The highest BCUT2D eigenvalue weighted by molar-refractivity contribution is 5.90. The highest BCUT2D eigenvalue weighted by Crippen LogP contribution is 2.25. The number of urea groups is 1. The van der Waals surface area contributed by atoms with Gasteiger partial charge >= 0.3 is 12.4 Å². The Kier molecular flexibility index (Phi) is 3.99. The van der Waals surface area contributed by atoms with Crippen molar-refractivity contribution in [3.05, 3.63) is 24.3 Å². The van der Waals surface area contributed by atoms with Crippen LogP contribution in [0.3, 0.4) is 0 Å². The van der Waals surface area contributed by atoms with Crippen molar-refractivity contribution in [1.29, 1.82) is 0 Å². The van der Waals surface area contributed by atoms with Gasteiger partial charge in [-0.05, 0) is 30.7 Å². The lowest BCUT2D eigenvalue weighted by Gasteiger charge is -2.47. The average Bonchev–Trinajstić information content (AvgIpc) is 2.35. The molecule has 2 rings (SSSR count). The number of benzene rings is 1. The number of carbonyl (C=O) groups excluding carboxylic acids is 1. The number of nitrogens with two attached hydrogens (primary N) is 1. The van der Waals surface area contributed by atoms with Gasteiger partial charge in [0.2, 0.25) is 0 Å². The first-order valence-electron chi connectivity index (χ1n) is 6.41. The van der Waals surface area contributed by atoms with Crippen LogP contribution in [-0.2, 0) is 0 Å². The molecule has 0 unspecified atom stereocenters. The lowest BCUT2D eigenvalue weighted by molar-refractivity contribution is -0.274. The summed E-state index contributed by atoms with van der Waals surface area (Å²) in [5, 5.41) is 2.59. The molecular weight excluding hydrogens is 287 g/mol. The van der Waals surface area contributed by atoms with Gasteiger partial charge in [-0.1, -0.05) is 6.92 Å². The molecule has 1 aliphatic rings. The van der Waals surface area contributed by atoms with Crippen molar-refractivity contribution in [1.82, 2.24) is 4.90 Å². The molecule has 0 saturated carbocycles. The van der Waals surface area contributed by atoms with Crippen LogP contribution in [0.2, 0.25) is 0 Å². The second kappa shape index (κ2) is 5.44. The molecule has 0 bridgehead atoms. The van der Waals surface area contributed by atoms with E-state index in [0.29, 0.717) is 18.8 Å². The summed E-state index contributed by atoms with van der Waals surface area (Å²) < 4.78 is 39.8. The summed E-state index contributed by atoms with van der Waals surface area (Å²) >= 11 is 0. The lowest BCUT2D eigenvalue weighted by atomic mass is 9.89. The molecule has 8 heteroatoms. The monoisotopic (exact) mass is 303 g/mol. The molecule has 2 amide bonds. The Morgan fingerprint density at radius 2 is 1.95 bits per heavy atom. The Labute approximate surface area is 119 Å². The summed E-state index contributed by atoms with van der Waals surface area (Å²) in [7, 11) is 0. The van der Waals surface area contributed by atoms with Crippen molar-refractivity contribution >= 4 is 11.7 Å². The molecule has 1 aliphatic heterocycles. The molecule has 1 saturated heterocycles. The van der Waals surface area contributed by atoms with E-state index in [1.165, 1.54) is 12.1 Å². The fourth-order valence-electron chi connectivity index (χ4n) is 2.02. The van der Waals surface area contributed by atoms with E-state index in [4.69, 9.17) is 5.73 Å². The number of rotatable bonds is 3. The summed E-state index contributed by atoms with van der Waals surface area (Å²) in [5.41, 5.74) is 6.02. The number of hydrogen-bond donors (Lipinski definition) is 2. The van der Waals surface area contributed by atoms with Crippen molar-refractivity contribution in [2.75, 3.05) is 18.4 Å². The Balaban J connectivity index is 1.88. The number of nitrogens with one attached hydrogen (secondary N) is 1. The van der Waals surface area contributed by atoms with Crippen molar-refractivity contribution < 1.29 is 22.7 Å². The van der Waals surface area contributed by atoms with Crippen LogP contribution in [0.15, 0.2) is 24.3 Å². The molecule has 116 valence electrons. The van der Waals surface area contributed by atoms with Crippen LogP contribution in [0.25, 0.3) is 0 Å². The average molecular weight is 303 g/mol. The van der Waals surface area contributed by atoms with Gasteiger partial charge in [-0.15, -0.1) is 13.2 Å². The van der Waals surface area contributed by atoms with E-state index in [1.54, 1.807) is 4.90 Å². The number of carbonyl (C=O) groups is 1. The highest BCUT2D eigenvalue weighted by Gasteiger charge is 2.40. The number of nitrogens with zero attached hydrogens (tertiary/aromatic N) is 1. The van der Waals surface area contributed by atoms with Crippen LogP contribution in [0, 0.1) is 0 Å². The van der Waals surface area contributed by atoms with Crippen molar-refractivity contribution in [3.8, 4) is 5.75 Å². The second-order valence-corrected chi connectivity index (χ2v) is 5.07. The minimum Gasteiger partial charge on any atom is -0.406 e. The van der Waals surface area contributed by atoms with Gasteiger partial charge in [0.15, 0.2) is 0 Å². The number of halogens is 3. The van der Waals surface area contributed by atoms with Crippen LogP contribution in [-0.4, -0.2) is 35.9 Å². The fraction of sp³-hybridized carbons (Fsp3) is 0.462. The summed E-state index contributed by atoms with van der Waals surface area (Å²) in [6, 6.07) is 4.63. The zero-order chi connectivity index (χ0) is 15.7. The topological polar surface area (TPSA) is 67.6 Å². The predicted molar refractivity (Wildman–Crippen MR) is 70.9 cm³/mol. The standard InChI is InChI=1S/C13H16F3N3O2/c1-2-12(17)7-19(8-12)11(20)18-9-3-5-10(6-4-9)21-13(14,15)16/h3-6H,2,7-8,17H2,1H3,(H,18,20). The molecule has 1 heterocycles. The molecule has 1 aromatic carbocycles. The molecule has 0 aliphatic carbocycles. The van der Waals surface area contributed by atoms with E-state index < -0.39 is 6.36 Å². The van der Waals surface area contributed by atoms with Gasteiger partial charge in [0, 0.05) is 18.8 Å². The third-order valence-electron chi connectivity index (χ3n) is 3.34. The number of anilines is 1. The first-order valence-corrected chi connectivity index (χ1v) is 6.41. The smallest absolute Gasteiger partial charge is 0.406 e. The molecule has 5 nitrogen and oxygen atoms in total. The zero-order valence-electron chi connectivity index (χ0n) is 11.4. The van der Waals surface area contributed by atoms with Crippen LogP contribution in [0.4, 0.5) is 23.7 Å². The number of likely N-dealkylation sites (tertiary alicyclic amines) is 1.